The van der Waals surface area contributed by atoms with Crippen molar-refractivity contribution in [3.05, 3.63) is 29.3 Å². The number of aliphatic hydroxyl groups excluding tert-OH is 6. The van der Waals surface area contributed by atoms with Gasteiger partial charge in [0.05, 0.1) is 25.4 Å². The van der Waals surface area contributed by atoms with Gasteiger partial charge < -0.3 is 63.8 Å². The third-order valence-electron chi connectivity index (χ3n) is 17.1. The van der Waals surface area contributed by atoms with Crippen LogP contribution in [0.25, 0.3) is 0 Å². The number of carbonyl (C=O) groups is 2. The minimum atomic E-state index is -1.82. The van der Waals surface area contributed by atoms with Gasteiger partial charge in [-0.25, -0.2) is 4.79 Å². The second-order valence-corrected chi connectivity index (χ2v) is 21.2. The molecule has 22 atom stereocenters. The molecule has 4 saturated heterocycles. The molecule has 4 aliphatic carbocycles. The van der Waals surface area contributed by atoms with E-state index < -0.39 is 86.5 Å². The zero-order valence-electron chi connectivity index (χ0n) is 36.5. The largest absolute Gasteiger partial charge is 0.446 e. The van der Waals surface area contributed by atoms with Crippen molar-refractivity contribution in [2.75, 3.05) is 25.1 Å². The Morgan fingerprint density at radius 1 is 0.857 bits per heavy atom. The number of halogens is 1. The molecule has 8 fully saturated rings. The summed E-state index contributed by atoms with van der Waals surface area (Å²) in [6.07, 6.45) is -9.67. The summed E-state index contributed by atoms with van der Waals surface area (Å²) in [5, 5.41) is 67.3. The highest BCUT2D eigenvalue weighted by Gasteiger charge is 2.71. The molecule has 7 N–H and O–H groups in total. The summed E-state index contributed by atoms with van der Waals surface area (Å²) >= 11 is 5.98. The number of fused-ring (bicyclic) bond motifs is 7. The fourth-order valence-corrected chi connectivity index (χ4v) is 14.0. The molecule has 16 nitrogen and oxygen atoms in total. The van der Waals surface area contributed by atoms with Crippen molar-refractivity contribution in [2.24, 2.45) is 52.3 Å². The Morgan fingerprint density at radius 2 is 1.57 bits per heavy atom. The number of ether oxygens (including phenoxy) is 7. The van der Waals surface area contributed by atoms with Gasteiger partial charge in [-0.15, -0.1) is 0 Å². The van der Waals surface area contributed by atoms with E-state index in [4.69, 9.17) is 44.8 Å². The number of amides is 1. The number of hydrogen-bond donors (Lipinski definition) is 7. The number of benzene rings is 1. The number of ketones is 1. The summed E-state index contributed by atoms with van der Waals surface area (Å²) in [6, 6.07) is 6.33. The average molecular weight is 908 g/mol. The molecule has 17 heteroatoms. The summed E-state index contributed by atoms with van der Waals surface area (Å²) in [4.78, 5) is 27.5. The normalized spacial score (nSPS) is 50.6. The van der Waals surface area contributed by atoms with Crippen LogP contribution in [-0.2, 0) is 38.0 Å². The van der Waals surface area contributed by atoms with Gasteiger partial charge in [0.15, 0.2) is 18.4 Å². The molecule has 1 spiro atoms. The molecule has 4 saturated carbocycles. The highest BCUT2D eigenvalue weighted by molar-refractivity contribution is 6.30. The number of nitrogens with one attached hydrogen (secondary N) is 1. The van der Waals surface area contributed by atoms with Crippen molar-refractivity contribution in [1.29, 1.82) is 0 Å². The van der Waals surface area contributed by atoms with Crippen LogP contribution in [0, 0.1) is 52.3 Å². The lowest BCUT2D eigenvalue weighted by atomic mass is 9.44. The van der Waals surface area contributed by atoms with E-state index in [1.54, 1.807) is 24.3 Å². The van der Waals surface area contributed by atoms with E-state index in [0.29, 0.717) is 54.2 Å². The van der Waals surface area contributed by atoms with Crippen molar-refractivity contribution >= 4 is 29.2 Å². The first-order valence-corrected chi connectivity index (χ1v) is 23.5. The topological polar surface area (TPSA) is 232 Å². The van der Waals surface area contributed by atoms with Gasteiger partial charge in [-0.05, 0) is 110 Å². The lowest BCUT2D eigenvalue weighted by molar-refractivity contribution is -0.364. The highest BCUT2D eigenvalue weighted by Crippen LogP contribution is 2.70. The maximum absolute atomic E-state index is 14.6. The van der Waals surface area contributed by atoms with Crippen LogP contribution >= 0.6 is 11.6 Å². The Balaban J connectivity index is 0.871. The first-order chi connectivity index (χ1) is 30.0. The third-order valence-corrected chi connectivity index (χ3v) is 17.4. The summed E-state index contributed by atoms with van der Waals surface area (Å²) in [7, 11) is 0. The molecule has 1 aromatic rings. The van der Waals surface area contributed by atoms with E-state index in [2.05, 4.69) is 33.0 Å². The molecule has 0 radical (unpaired) electrons. The zero-order chi connectivity index (χ0) is 44.7. The monoisotopic (exact) mass is 907 g/mol. The lowest BCUT2D eigenvalue weighted by Gasteiger charge is -2.60. The standard InChI is InChI=1S/C46H66ClNO15/c1-21-11-14-46(58-19-21)22(2)33-30(63-46)16-28-27-10-5-23-15-26(12-13-44(23,3)34(27)29(50)17-45(28,33)4)59-41-39(55)37(53)40(62-42-38(54)36(52)35(51)31(18-49)60-42)32(61-41)20-57-43(56)48-25-8-6-24(47)7-9-25/h6-9,21-23,26-28,30-42,49,51-55H,5,10-20H2,1-4H3,(H,48,56)/t21-,22+,23+,26+,27?,28?,30?,31+,32+,33?,34?,35-,36+,37-,38+,39+,40-,41-,42+,44+,45+,46-/m1/s1. The Hall–Kier alpha value is -2.03. The fourth-order valence-electron chi connectivity index (χ4n) is 13.9. The number of aliphatic hydroxyl groups is 6. The van der Waals surface area contributed by atoms with Crippen molar-refractivity contribution < 1.29 is 73.4 Å². The molecule has 5 unspecified atom stereocenters. The highest BCUT2D eigenvalue weighted by atomic mass is 35.5. The second-order valence-electron chi connectivity index (χ2n) is 20.7. The molecule has 0 bridgehead atoms. The van der Waals surface area contributed by atoms with E-state index in [9.17, 15) is 40.2 Å². The predicted molar refractivity (Wildman–Crippen MR) is 223 cm³/mol. The Morgan fingerprint density at radius 3 is 2.29 bits per heavy atom. The summed E-state index contributed by atoms with van der Waals surface area (Å²) in [5.74, 6) is 1.61. The van der Waals surface area contributed by atoms with Gasteiger partial charge in [0.25, 0.3) is 0 Å². The van der Waals surface area contributed by atoms with Crippen LogP contribution in [0.2, 0.25) is 5.02 Å². The van der Waals surface area contributed by atoms with Gasteiger partial charge in [0.2, 0.25) is 0 Å². The Labute approximate surface area is 373 Å². The third kappa shape index (κ3) is 8.08. The van der Waals surface area contributed by atoms with Gasteiger partial charge in [-0.2, -0.15) is 0 Å². The molecule has 4 heterocycles. The predicted octanol–water partition coefficient (Wildman–Crippen LogP) is 3.53. The van der Waals surface area contributed by atoms with Gasteiger partial charge in [0.1, 0.15) is 61.2 Å². The number of carbonyl (C=O) groups excluding carboxylic acids is 2. The number of Topliss-reactive ketones (excluding diaryl/α,β-unsaturated/α-hetero) is 1. The van der Waals surface area contributed by atoms with Crippen LogP contribution in [0.4, 0.5) is 10.5 Å². The van der Waals surface area contributed by atoms with Crippen LogP contribution in [0.15, 0.2) is 24.3 Å². The van der Waals surface area contributed by atoms with E-state index in [0.717, 1.165) is 38.5 Å². The molecule has 352 valence electrons. The van der Waals surface area contributed by atoms with Crippen LogP contribution in [0.1, 0.15) is 85.5 Å². The van der Waals surface area contributed by atoms with Gasteiger partial charge in [-0.1, -0.05) is 39.3 Å². The molecule has 1 amide bonds. The van der Waals surface area contributed by atoms with Crippen LogP contribution in [0.3, 0.4) is 0 Å². The molecular weight excluding hydrogens is 842 g/mol. The first kappa shape index (κ1) is 46.1. The molecule has 63 heavy (non-hydrogen) atoms. The quantitative estimate of drug-likeness (QED) is 0.185. The van der Waals surface area contributed by atoms with Crippen molar-refractivity contribution in [3.63, 3.8) is 0 Å². The average Bonchev–Trinajstić information content (AvgIpc) is 3.70. The van der Waals surface area contributed by atoms with Crippen molar-refractivity contribution in [2.45, 2.75) is 165 Å². The minimum absolute atomic E-state index is 0.0654. The van der Waals surface area contributed by atoms with Crippen molar-refractivity contribution in [3.8, 4) is 0 Å². The van der Waals surface area contributed by atoms with Crippen molar-refractivity contribution in [1.82, 2.24) is 0 Å². The van der Waals surface area contributed by atoms with E-state index in [1.165, 1.54) is 0 Å². The summed E-state index contributed by atoms with van der Waals surface area (Å²) in [6.45, 7) is 8.64. The van der Waals surface area contributed by atoms with Gasteiger partial charge >= 0.3 is 6.09 Å². The van der Waals surface area contributed by atoms with Crippen LogP contribution in [0.5, 0.6) is 0 Å². The molecule has 1 aromatic carbocycles. The van der Waals surface area contributed by atoms with Crippen LogP contribution in [-0.4, -0.2) is 142 Å². The number of rotatable bonds is 8. The number of hydrogen-bond acceptors (Lipinski definition) is 15. The molecule has 4 aliphatic heterocycles. The van der Waals surface area contributed by atoms with E-state index >= 15 is 0 Å². The molecule has 8 aliphatic rings. The van der Waals surface area contributed by atoms with Crippen LogP contribution < -0.4 is 5.32 Å². The smallest absolute Gasteiger partial charge is 0.411 e. The minimum Gasteiger partial charge on any atom is -0.446 e. The second kappa shape index (κ2) is 17.6. The number of anilines is 1. The lowest BCUT2D eigenvalue weighted by Crippen LogP contribution is -2.65. The van der Waals surface area contributed by atoms with Gasteiger partial charge in [-0.3, -0.25) is 10.1 Å². The molecule has 9 rings (SSSR count). The maximum atomic E-state index is 14.6. The Bertz CT molecular complexity index is 1820. The first-order valence-electron chi connectivity index (χ1n) is 23.1. The Kier molecular flexibility index (Phi) is 12.9. The summed E-state index contributed by atoms with van der Waals surface area (Å²) < 4.78 is 43.1. The van der Waals surface area contributed by atoms with E-state index in [1.807, 2.05) is 0 Å². The molecular formula is C46H66ClNO15. The summed E-state index contributed by atoms with van der Waals surface area (Å²) in [5.41, 5.74) is 0.0192. The maximum Gasteiger partial charge on any atom is 0.411 e. The van der Waals surface area contributed by atoms with Gasteiger partial charge in [0, 0.05) is 35.4 Å². The SMILES string of the molecule is C[C@@H]1CC[C@@]2(OC1)OC1CC3C4CC[C@H]5C[C@@H](O[C@@H]6O[C@@H](COC(=O)Nc7ccc(Cl)cc7)[C@@H](O[C@@H]7O[C@@H](CO)[C@@H](O)[C@H](O)[C@@H]7O)[C@H](O)[C@@H]6O)CC[C@]5(C)C4C(=O)C[C@]3(C)C1[C@@H]2C. The fraction of sp³-hybridized carbons (Fsp3) is 0.826. The zero-order valence-corrected chi connectivity index (χ0v) is 37.3. The van der Waals surface area contributed by atoms with E-state index in [-0.39, 0.29) is 52.6 Å². The molecule has 0 aromatic heterocycles.